The molecule has 0 aliphatic carbocycles. The number of phenols is 1. The minimum Gasteiger partial charge on any atom is -0.508 e. The van der Waals surface area contributed by atoms with Crippen LogP contribution in [0.2, 0.25) is 0 Å². The zero-order valence-electron chi connectivity index (χ0n) is 6.73. The van der Waals surface area contributed by atoms with Gasteiger partial charge in [-0.2, -0.15) is 0 Å². The van der Waals surface area contributed by atoms with Gasteiger partial charge in [0.05, 0.1) is 6.61 Å². The molecule has 1 aromatic rings. The summed E-state index contributed by atoms with van der Waals surface area (Å²) in [5.41, 5.74) is 0.393. The standard InChI is InChI=1S/C9H8O4/c10-4-7-3-6(9(13)5-11)1-2-8(7)12/h1-3,5,10,12H,4H2. The Hall–Kier alpha value is -1.68. The van der Waals surface area contributed by atoms with Crippen molar-refractivity contribution in [2.24, 2.45) is 0 Å². The van der Waals surface area contributed by atoms with Gasteiger partial charge in [-0.3, -0.25) is 9.59 Å². The Labute approximate surface area is 74.4 Å². The molecule has 4 nitrogen and oxygen atoms in total. The summed E-state index contributed by atoms with van der Waals surface area (Å²) < 4.78 is 0. The number of aliphatic hydroxyl groups is 1. The van der Waals surface area contributed by atoms with Crippen LogP contribution in [-0.4, -0.2) is 22.3 Å². The summed E-state index contributed by atoms with van der Waals surface area (Å²) in [4.78, 5) is 21.0. The molecule has 0 amide bonds. The third-order valence-corrected chi connectivity index (χ3v) is 1.64. The van der Waals surface area contributed by atoms with Crippen LogP contribution in [0, 0.1) is 0 Å². The number of carbonyl (C=O) groups is 2. The van der Waals surface area contributed by atoms with E-state index in [0.717, 1.165) is 0 Å². The number of hydrogen-bond acceptors (Lipinski definition) is 4. The topological polar surface area (TPSA) is 74.6 Å². The maximum absolute atomic E-state index is 10.9. The normalized spacial score (nSPS) is 9.62. The molecule has 2 N–H and O–H groups in total. The van der Waals surface area contributed by atoms with Crippen molar-refractivity contribution < 1.29 is 19.8 Å². The molecule has 0 bridgehead atoms. The van der Waals surface area contributed by atoms with Crippen LogP contribution in [0.15, 0.2) is 18.2 Å². The van der Waals surface area contributed by atoms with Crippen LogP contribution in [0.25, 0.3) is 0 Å². The highest BCUT2D eigenvalue weighted by atomic mass is 16.3. The van der Waals surface area contributed by atoms with Gasteiger partial charge in [-0.25, -0.2) is 0 Å². The van der Waals surface area contributed by atoms with E-state index in [-0.39, 0.29) is 29.8 Å². The molecule has 0 fully saturated rings. The highest BCUT2D eigenvalue weighted by molar-refractivity contribution is 6.33. The van der Waals surface area contributed by atoms with E-state index in [0.29, 0.717) is 0 Å². The minimum atomic E-state index is -0.672. The van der Waals surface area contributed by atoms with E-state index in [4.69, 9.17) is 10.2 Å². The lowest BCUT2D eigenvalue weighted by molar-refractivity contribution is -0.104. The van der Waals surface area contributed by atoms with E-state index in [2.05, 4.69) is 0 Å². The second-order valence-electron chi connectivity index (χ2n) is 2.48. The third kappa shape index (κ3) is 1.91. The smallest absolute Gasteiger partial charge is 0.225 e. The first-order valence-electron chi connectivity index (χ1n) is 3.61. The number of carbonyl (C=O) groups excluding carboxylic acids is 2. The van der Waals surface area contributed by atoms with Crippen LogP contribution < -0.4 is 0 Å². The second kappa shape index (κ2) is 3.82. The Kier molecular flexibility index (Phi) is 2.76. The fraction of sp³-hybridized carbons (Fsp3) is 0.111. The van der Waals surface area contributed by atoms with Gasteiger partial charge in [0, 0.05) is 11.1 Å². The first kappa shape index (κ1) is 9.41. The number of Topliss-reactive ketones (excluding diaryl/α,β-unsaturated/α-hetero) is 1. The van der Waals surface area contributed by atoms with Gasteiger partial charge in [0.1, 0.15) is 5.75 Å². The van der Waals surface area contributed by atoms with Crippen LogP contribution in [-0.2, 0) is 11.4 Å². The summed E-state index contributed by atoms with van der Waals surface area (Å²) in [6, 6.07) is 3.87. The Morgan fingerprint density at radius 3 is 2.69 bits per heavy atom. The number of aromatic hydroxyl groups is 1. The maximum atomic E-state index is 10.9. The van der Waals surface area contributed by atoms with E-state index in [1.165, 1.54) is 18.2 Å². The zero-order valence-corrected chi connectivity index (χ0v) is 6.73. The number of aldehydes is 1. The molecule has 0 aliphatic heterocycles. The molecule has 0 aliphatic rings. The quantitative estimate of drug-likeness (QED) is 0.397. The molecular formula is C9H8O4. The van der Waals surface area contributed by atoms with E-state index in [9.17, 15) is 9.59 Å². The Bertz CT molecular complexity index is 343. The molecule has 68 valence electrons. The molecule has 0 spiro atoms. The van der Waals surface area contributed by atoms with Gasteiger partial charge in [0.2, 0.25) is 5.78 Å². The lowest BCUT2D eigenvalue weighted by Crippen LogP contribution is -2.00. The first-order chi connectivity index (χ1) is 6.19. The van der Waals surface area contributed by atoms with Crippen LogP contribution in [0.4, 0.5) is 0 Å². The van der Waals surface area contributed by atoms with E-state index in [1.807, 2.05) is 0 Å². The molecule has 4 heteroatoms. The van der Waals surface area contributed by atoms with E-state index >= 15 is 0 Å². The number of ketones is 1. The highest BCUT2D eigenvalue weighted by Crippen LogP contribution is 2.18. The average Bonchev–Trinajstić information content (AvgIpc) is 2.17. The summed E-state index contributed by atoms with van der Waals surface area (Å²) in [6.45, 7) is -0.369. The number of aliphatic hydroxyl groups excluding tert-OH is 1. The molecule has 0 aromatic heterocycles. The molecule has 0 saturated heterocycles. The summed E-state index contributed by atoms with van der Waals surface area (Å²) >= 11 is 0. The monoisotopic (exact) mass is 180 g/mol. The predicted molar refractivity (Wildman–Crippen MR) is 44.4 cm³/mol. The average molecular weight is 180 g/mol. The zero-order chi connectivity index (χ0) is 9.84. The van der Waals surface area contributed by atoms with Gasteiger partial charge in [-0.15, -0.1) is 0 Å². The number of rotatable bonds is 3. The SMILES string of the molecule is O=CC(=O)c1ccc(O)c(CO)c1. The van der Waals surface area contributed by atoms with Gasteiger partial charge >= 0.3 is 0 Å². The lowest BCUT2D eigenvalue weighted by Gasteiger charge is -2.01. The largest absolute Gasteiger partial charge is 0.508 e. The van der Waals surface area contributed by atoms with Crippen molar-refractivity contribution in [1.29, 1.82) is 0 Å². The summed E-state index contributed by atoms with van der Waals surface area (Å²) in [6.07, 6.45) is 0.188. The van der Waals surface area contributed by atoms with Crippen LogP contribution >= 0.6 is 0 Å². The maximum Gasteiger partial charge on any atom is 0.225 e. The third-order valence-electron chi connectivity index (χ3n) is 1.64. The summed E-state index contributed by atoms with van der Waals surface area (Å²) in [5, 5.41) is 17.9. The minimum absolute atomic E-state index is 0.0926. The molecule has 1 rings (SSSR count). The highest BCUT2D eigenvalue weighted by Gasteiger charge is 2.07. The summed E-state index contributed by atoms with van der Waals surface area (Å²) in [7, 11) is 0. The molecule has 0 unspecified atom stereocenters. The van der Waals surface area contributed by atoms with Crippen molar-refractivity contribution in [3.8, 4) is 5.75 Å². The predicted octanol–water partition coefficient (Wildman–Crippen LogP) is 0.266. The fourth-order valence-electron chi connectivity index (χ4n) is 0.933. The Morgan fingerprint density at radius 1 is 1.46 bits per heavy atom. The van der Waals surface area contributed by atoms with Crippen molar-refractivity contribution in [3.63, 3.8) is 0 Å². The van der Waals surface area contributed by atoms with Crippen molar-refractivity contribution in [2.45, 2.75) is 6.61 Å². The Balaban J connectivity index is 3.13. The fourth-order valence-corrected chi connectivity index (χ4v) is 0.933. The number of hydrogen-bond donors (Lipinski definition) is 2. The van der Waals surface area contributed by atoms with Crippen LogP contribution in [0.5, 0.6) is 5.75 Å². The molecule has 0 radical (unpaired) electrons. The molecule has 0 saturated carbocycles. The summed E-state index contributed by atoms with van der Waals surface area (Å²) in [5.74, 6) is -0.764. The van der Waals surface area contributed by atoms with E-state index in [1.54, 1.807) is 0 Å². The van der Waals surface area contributed by atoms with Crippen molar-refractivity contribution >= 4 is 12.1 Å². The molecule has 1 aromatic carbocycles. The molecule has 13 heavy (non-hydrogen) atoms. The van der Waals surface area contributed by atoms with Gasteiger partial charge in [0.15, 0.2) is 6.29 Å². The number of benzene rings is 1. The van der Waals surface area contributed by atoms with Crippen molar-refractivity contribution in [3.05, 3.63) is 29.3 Å². The van der Waals surface area contributed by atoms with Gasteiger partial charge < -0.3 is 10.2 Å². The Morgan fingerprint density at radius 2 is 2.15 bits per heavy atom. The lowest BCUT2D eigenvalue weighted by atomic mass is 10.1. The van der Waals surface area contributed by atoms with Gasteiger partial charge in [0.25, 0.3) is 0 Å². The second-order valence-corrected chi connectivity index (χ2v) is 2.48. The molecular weight excluding hydrogens is 172 g/mol. The van der Waals surface area contributed by atoms with Crippen LogP contribution in [0.1, 0.15) is 15.9 Å². The van der Waals surface area contributed by atoms with Crippen LogP contribution in [0.3, 0.4) is 0 Å². The van der Waals surface area contributed by atoms with Gasteiger partial charge in [-0.05, 0) is 18.2 Å². The van der Waals surface area contributed by atoms with Gasteiger partial charge in [-0.1, -0.05) is 0 Å². The van der Waals surface area contributed by atoms with Crippen molar-refractivity contribution in [1.82, 2.24) is 0 Å². The van der Waals surface area contributed by atoms with Crippen molar-refractivity contribution in [2.75, 3.05) is 0 Å². The first-order valence-corrected chi connectivity index (χ1v) is 3.61. The van der Waals surface area contributed by atoms with E-state index < -0.39 is 5.78 Å². The molecule has 0 heterocycles. The molecule has 0 atom stereocenters.